The lowest BCUT2D eigenvalue weighted by Crippen LogP contribution is -2.47. The second kappa shape index (κ2) is 9.26. The highest BCUT2D eigenvalue weighted by molar-refractivity contribution is 5.92. The monoisotopic (exact) mass is 403 g/mol. The molecule has 0 atom stereocenters. The molecule has 1 N–H and O–H groups in total. The van der Waals surface area contributed by atoms with Crippen molar-refractivity contribution in [2.24, 2.45) is 0 Å². The minimum Gasteiger partial charge on any atom is -0.496 e. The summed E-state index contributed by atoms with van der Waals surface area (Å²) in [4.78, 5) is 25.8. The lowest BCUT2D eigenvalue weighted by Gasteiger charge is -2.36. The third-order valence-corrected chi connectivity index (χ3v) is 5.15. The number of hydrogen-bond donors (Lipinski definition) is 1. The number of ether oxygens (including phenoxy) is 1. The van der Waals surface area contributed by atoms with Gasteiger partial charge in [-0.3, -0.25) is 4.79 Å². The van der Waals surface area contributed by atoms with Crippen LogP contribution in [0.15, 0.2) is 67.0 Å². The first kappa shape index (κ1) is 19.7. The van der Waals surface area contributed by atoms with Crippen molar-refractivity contribution < 1.29 is 9.53 Å². The van der Waals surface area contributed by atoms with Crippen LogP contribution in [0.2, 0.25) is 0 Å². The van der Waals surface area contributed by atoms with E-state index in [1.165, 1.54) is 5.69 Å². The van der Waals surface area contributed by atoms with Gasteiger partial charge in [-0.1, -0.05) is 36.4 Å². The molecule has 3 aromatic rings. The number of anilines is 3. The average Bonchev–Trinajstić information content (AvgIpc) is 2.80. The smallest absolute Gasteiger partial charge is 0.229 e. The minimum atomic E-state index is -0.132. The van der Waals surface area contributed by atoms with Crippen molar-refractivity contribution in [2.45, 2.75) is 6.42 Å². The van der Waals surface area contributed by atoms with Gasteiger partial charge in [0, 0.05) is 37.4 Å². The molecule has 7 heteroatoms. The van der Waals surface area contributed by atoms with Gasteiger partial charge in [-0.2, -0.15) is 0 Å². The van der Waals surface area contributed by atoms with Crippen LogP contribution in [0.5, 0.6) is 5.75 Å². The Bertz CT molecular complexity index is 970. The van der Waals surface area contributed by atoms with Crippen LogP contribution in [0, 0.1) is 0 Å². The molecule has 0 unspecified atom stereocenters. The third-order valence-electron chi connectivity index (χ3n) is 5.15. The highest BCUT2D eigenvalue weighted by Gasteiger charge is 2.19. The lowest BCUT2D eigenvalue weighted by atomic mass is 10.1. The number of nitrogens with one attached hydrogen (secondary N) is 1. The fraction of sp³-hybridized carbons (Fsp3) is 0.261. The first-order valence-corrected chi connectivity index (χ1v) is 10.0. The molecule has 4 rings (SSSR count). The van der Waals surface area contributed by atoms with Crippen LogP contribution in [0.3, 0.4) is 0 Å². The van der Waals surface area contributed by atoms with E-state index in [4.69, 9.17) is 4.74 Å². The highest BCUT2D eigenvalue weighted by Crippen LogP contribution is 2.20. The second-order valence-corrected chi connectivity index (χ2v) is 7.12. The molecule has 0 spiro atoms. The molecule has 0 aliphatic carbocycles. The summed E-state index contributed by atoms with van der Waals surface area (Å²) >= 11 is 0. The molecule has 1 saturated heterocycles. The largest absolute Gasteiger partial charge is 0.496 e. The van der Waals surface area contributed by atoms with Crippen molar-refractivity contribution in [3.63, 3.8) is 0 Å². The van der Waals surface area contributed by atoms with Gasteiger partial charge in [-0.25, -0.2) is 9.97 Å². The van der Waals surface area contributed by atoms with Gasteiger partial charge in [-0.15, -0.1) is 0 Å². The number of amides is 1. The van der Waals surface area contributed by atoms with E-state index in [1.807, 2.05) is 30.3 Å². The normalized spacial score (nSPS) is 13.8. The zero-order chi connectivity index (χ0) is 20.8. The summed E-state index contributed by atoms with van der Waals surface area (Å²) in [7, 11) is 1.60. The van der Waals surface area contributed by atoms with E-state index in [2.05, 4.69) is 49.4 Å². The lowest BCUT2D eigenvalue weighted by molar-refractivity contribution is -0.115. The topological polar surface area (TPSA) is 70.6 Å². The Labute approximate surface area is 176 Å². The highest BCUT2D eigenvalue weighted by atomic mass is 16.5. The summed E-state index contributed by atoms with van der Waals surface area (Å²) in [6, 6.07) is 17.9. The van der Waals surface area contributed by atoms with E-state index in [9.17, 15) is 4.79 Å². The Morgan fingerprint density at radius 2 is 1.57 bits per heavy atom. The molecule has 30 heavy (non-hydrogen) atoms. The molecule has 1 fully saturated rings. The predicted molar refractivity (Wildman–Crippen MR) is 118 cm³/mol. The quantitative estimate of drug-likeness (QED) is 0.682. The van der Waals surface area contributed by atoms with E-state index < -0.39 is 0 Å². The van der Waals surface area contributed by atoms with Gasteiger partial charge in [0.1, 0.15) is 5.75 Å². The fourth-order valence-electron chi connectivity index (χ4n) is 3.58. The number of para-hydroxylation sites is 2. The van der Waals surface area contributed by atoms with Crippen LogP contribution in [-0.4, -0.2) is 49.2 Å². The van der Waals surface area contributed by atoms with E-state index in [0.717, 1.165) is 31.7 Å². The van der Waals surface area contributed by atoms with Gasteiger partial charge < -0.3 is 19.9 Å². The number of benzene rings is 2. The van der Waals surface area contributed by atoms with Crippen molar-refractivity contribution in [3.05, 3.63) is 72.6 Å². The Kier molecular flexibility index (Phi) is 6.08. The number of nitrogens with zero attached hydrogens (tertiary/aromatic N) is 4. The van der Waals surface area contributed by atoms with Gasteiger partial charge in [0.15, 0.2) is 0 Å². The van der Waals surface area contributed by atoms with Crippen LogP contribution < -0.4 is 19.9 Å². The molecule has 2 heterocycles. The summed E-state index contributed by atoms with van der Waals surface area (Å²) in [6.45, 7) is 3.55. The molecular weight excluding hydrogens is 378 g/mol. The summed E-state index contributed by atoms with van der Waals surface area (Å²) in [5.74, 6) is 1.26. The van der Waals surface area contributed by atoms with Crippen LogP contribution in [-0.2, 0) is 11.2 Å². The van der Waals surface area contributed by atoms with E-state index >= 15 is 0 Å². The van der Waals surface area contributed by atoms with Crippen molar-refractivity contribution >= 4 is 23.2 Å². The second-order valence-electron chi connectivity index (χ2n) is 7.12. The summed E-state index contributed by atoms with van der Waals surface area (Å²) in [5, 5.41) is 2.85. The molecule has 0 saturated carbocycles. The molecule has 1 aromatic heterocycles. The number of carbonyl (C=O) groups is 1. The average molecular weight is 403 g/mol. The van der Waals surface area contributed by atoms with Crippen LogP contribution in [0.25, 0.3) is 0 Å². The molecule has 154 valence electrons. The van der Waals surface area contributed by atoms with Gasteiger partial charge in [0.05, 0.1) is 31.6 Å². The number of piperazine rings is 1. The molecule has 7 nitrogen and oxygen atoms in total. The summed E-state index contributed by atoms with van der Waals surface area (Å²) < 4.78 is 5.30. The first-order chi connectivity index (χ1) is 14.7. The van der Waals surface area contributed by atoms with Gasteiger partial charge in [-0.05, 0) is 18.2 Å². The van der Waals surface area contributed by atoms with Gasteiger partial charge in [0.25, 0.3) is 0 Å². The Morgan fingerprint density at radius 1 is 0.933 bits per heavy atom. The molecule has 1 aliphatic rings. The van der Waals surface area contributed by atoms with Crippen LogP contribution in [0.1, 0.15) is 5.56 Å². The number of methoxy groups -OCH3 is 1. The molecule has 0 bridgehead atoms. The summed E-state index contributed by atoms with van der Waals surface area (Å²) in [6.07, 6.45) is 3.55. The molecule has 2 aromatic carbocycles. The standard InChI is InChI=1S/C23H25N5O2/c1-30-21-10-6-5-7-18(21)15-22(29)26-19-16-24-23(25-17-19)28-13-11-27(12-14-28)20-8-3-2-4-9-20/h2-10,16-17H,11-15H2,1H3,(H,26,29). The maximum absolute atomic E-state index is 12.4. The maximum atomic E-state index is 12.4. The SMILES string of the molecule is COc1ccccc1CC(=O)Nc1cnc(N2CCN(c3ccccc3)CC2)nc1. The minimum absolute atomic E-state index is 0.132. The zero-order valence-corrected chi connectivity index (χ0v) is 17.0. The summed E-state index contributed by atoms with van der Waals surface area (Å²) in [5.41, 5.74) is 2.67. The van der Waals surface area contributed by atoms with Crippen LogP contribution >= 0.6 is 0 Å². The number of aromatic nitrogens is 2. The van der Waals surface area contributed by atoms with E-state index in [1.54, 1.807) is 19.5 Å². The first-order valence-electron chi connectivity index (χ1n) is 10.0. The Balaban J connectivity index is 1.31. The molecule has 0 radical (unpaired) electrons. The predicted octanol–water partition coefficient (Wildman–Crippen LogP) is 2.99. The molecular formula is C23H25N5O2. The fourth-order valence-corrected chi connectivity index (χ4v) is 3.58. The maximum Gasteiger partial charge on any atom is 0.229 e. The number of hydrogen-bond acceptors (Lipinski definition) is 6. The van der Waals surface area contributed by atoms with Crippen molar-refractivity contribution in [3.8, 4) is 5.75 Å². The Hall–Kier alpha value is -3.61. The van der Waals surface area contributed by atoms with E-state index in [-0.39, 0.29) is 12.3 Å². The molecule has 1 aliphatic heterocycles. The third kappa shape index (κ3) is 4.68. The van der Waals surface area contributed by atoms with Crippen molar-refractivity contribution in [1.82, 2.24) is 9.97 Å². The van der Waals surface area contributed by atoms with Crippen LogP contribution in [0.4, 0.5) is 17.3 Å². The van der Waals surface area contributed by atoms with E-state index in [0.29, 0.717) is 17.4 Å². The number of carbonyl (C=O) groups excluding carboxylic acids is 1. The van der Waals surface area contributed by atoms with Crippen molar-refractivity contribution in [2.75, 3.05) is 48.4 Å². The van der Waals surface area contributed by atoms with Gasteiger partial charge >= 0.3 is 0 Å². The Morgan fingerprint density at radius 3 is 2.27 bits per heavy atom. The van der Waals surface area contributed by atoms with Crippen molar-refractivity contribution in [1.29, 1.82) is 0 Å². The van der Waals surface area contributed by atoms with Gasteiger partial charge in [0.2, 0.25) is 11.9 Å². The zero-order valence-electron chi connectivity index (χ0n) is 17.0. The molecule has 1 amide bonds. The number of rotatable bonds is 6.